The molecule has 6 aromatic carbocycles. The van der Waals surface area contributed by atoms with E-state index >= 15 is 0 Å². The van der Waals surface area contributed by atoms with Crippen LogP contribution in [0.25, 0.3) is 86.8 Å². The fraction of sp³-hybridized carbons (Fsp3) is 0. The van der Waals surface area contributed by atoms with Gasteiger partial charge in [-0.15, -0.1) is 11.3 Å². The summed E-state index contributed by atoms with van der Waals surface area (Å²) < 4.78 is 9.00. The molecule has 0 amide bonds. The van der Waals surface area contributed by atoms with E-state index in [1.165, 1.54) is 31.3 Å². The lowest BCUT2D eigenvalue weighted by molar-refractivity contribution is 0.669. The quantitative estimate of drug-likeness (QED) is 0.218. The summed E-state index contributed by atoms with van der Waals surface area (Å²) in [4.78, 5) is 10.2. The first-order chi connectivity index (χ1) is 20.8. The fourth-order valence-electron chi connectivity index (χ4n) is 6.17. The van der Waals surface area contributed by atoms with Gasteiger partial charge in [-0.05, 0) is 41.5 Å². The van der Waals surface area contributed by atoms with Crippen LogP contribution in [-0.4, -0.2) is 9.97 Å². The third-order valence-electron chi connectivity index (χ3n) is 8.10. The van der Waals surface area contributed by atoms with Crippen molar-refractivity contribution >= 4 is 64.4 Å². The predicted molar refractivity (Wildman–Crippen MR) is 176 cm³/mol. The summed E-state index contributed by atoms with van der Waals surface area (Å²) in [5.74, 6) is 0.692. The van der Waals surface area contributed by atoms with Crippen molar-refractivity contribution in [1.29, 1.82) is 0 Å². The van der Waals surface area contributed by atoms with Crippen molar-refractivity contribution in [3.05, 3.63) is 133 Å². The number of furan rings is 1. The van der Waals surface area contributed by atoms with Gasteiger partial charge in [0, 0.05) is 47.5 Å². The zero-order valence-electron chi connectivity index (χ0n) is 22.4. The first-order valence-corrected chi connectivity index (χ1v) is 14.8. The predicted octanol–water partition coefficient (Wildman–Crippen LogP) is 10.9. The number of hydrogen-bond acceptors (Lipinski definition) is 4. The van der Waals surface area contributed by atoms with Crippen molar-refractivity contribution < 1.29 is 4.42 Å². The zero-order chi connectivity index (χ0) is 27.6. The molecule has 0 aliphatic heterocycles. The molecule has 0 N–H and O–H groups in total. The smallest absolute Gasteiger partial charge is 0.161 e. The van der Waals surface area contributed by atoms with Crippen LogP contribution in [0.4, 0.5) is 0 Å². The van der Waals surface area contributed by atoms with Gasteiger partial charge in [0.15, 0.2) is 5.82 Å². The highest BCUT2D eigenvalue weighted by molar-refractivity contribution is 7.26. The molecule has 0 unspecified atom stereocenters. The van der Waals surface area contributed by atoms with Crippen molar-refractivity contribution in [2.75, 3.05) is 0 Å². The van der Waals surface area contributed by atoms with Gasteiger partial charge in [0.05, 0.1) is 11.2 Å². The normalized spacial score (nSPS) is 11.8. The van der Waals surface area contributed by atoms with Crippen LogP contribution >= 0.6 is 11.3 Å². The molecule has 0 aliphatic rings. The van der Waals surface area contributed by atoms with E-state index in [2.05, 4.69) is 103 Å². The van der Waals surface area contributed by atoms with Crippen LogP contribution in [0, 0.1) is 0 Å². The van der Waals surface area contributed by atoms with Gasteiger partial charge in [0.2, 0.25) is 0 Å². The maximum Gasteiger partial charge on any atom is 0.161 e. The minimum atomic E-state index is 0.692. The third-order valence-corrected chi connectivity index (χ3v) is 9.32. The molecule has 0 atom stereocenters. The van der Waals surface area contributed by atoms with E-state index in [0.29, 0.717) is 5.82 Å². The van der Waals surface area contributed by atoms with Gasteiger partial charge in [0.25, 0.3) is 0 Å². The Morgan fingerprint density at radius 2 is 1.26 bits per heavy atom. The molecule has 42 heavy (non-hydrogen) atoms. The molecule has 0 bridgehead atoms. The highest BCUT2D eigenvalue weighted by Gasteiger charge is 2.18. The second kappa shape index (κ2) is 9.10. The Bertz CT molecular complexity index is 2470. The summed E-state index contributed by atoms with van der Waals surface area (Å²) in [6.07, 6.45) is 0. The van der Waals surface area contributed by atoms with Gasteiger partial charge in [-0.2, -0.15) is 0 Å². The highest BCUT2D eigenvalue weighted by atomic mass is 32.1. The second-order valence-corrected chi connectivity index (χ2v) is 11.6. The molecule has 0 saturated carbocycles. The van der Waals surface area contributed by atoms with E-state index in [0.717, 1.165) is 49.7 Å². The molecule has 0 radical (unpaired) electrons. The topological polar surface area (TPSA) is 38.9 Å². The molecule has 3 heterocycles. The number of fused-ring (bicyclic) bond motifs is 7. The SMILES string of the molecule is c1ccc(-c2nc(-c3cccc4oc5ccc(-c6cccc7c6sc6ccccc67)cc5c34)nc3ccccc23)cc1. The van der Waals surface area contributed by atoms with E-state index < -0.39 is 0 Å². The molecule has 0 saturated heterocycles. The average molecular weight is 555 g/mol. The molecule has 3 nitrogen and oxygen atoms in total. The van der Waals surface area contributed by atoms with Crippen LogP contribution in [0.2, 0.25) is 0 Å². The Morgan fingerprint density at radius 1 is 0.500 bits per heavy atom. The van der Waals surface area contributed by atoms with Crippen LogP contribution in [0.3, 0.4) is 0 Å². The first kappa shape index (κ1) is 23.4. The third kappa shape index (κ3) is 3.52. The minimum absolute atomic E-state index is 0.692. The van der Waals surface area contributed by atoms with Gasteiger partial charge < -0.3 is 4.42 Å². The lowest BCUT2D eigenvalue weighted by Crippen LogP contribution is -1.95. The Kier molecular flexibility index (Phi) is 5.07. The Balaban J connectivity index is 1.30. The first-order valence-electron chi connectivity index (χ1n) is 14.0. The number of thiophene rings is 1. The largest absolute Gasteiger partial charge is 0.456 e. The maximum atomic E-state index is 6.39. The molecular formula is C38H22N2OS. The summed E-state index contributed by atoms with van der Waals surface area (Å²) in [5, 5.41) is 5.74. The summed E-state index contributed by atoms with van der Waals surface area (Å²) in [7, 11) is 0. The Morgan fingerprint density at radius 3 is 2.19 bits per heavy atom. The van der Waals surface area contributed by atoms with Crippen LogP contribution in [0.15, 0.2) is 138 Å². The molecule has 9 aromatic rings. The van der Waals surface area contributed by atoms with Crippen LogP contribution in [-0.2, 0) is 0 Å². The molecule has 0 aliphatic carbocycles. The second-order valence-electron chi connectivity index (χ2n) is 10.6. The zero-order valence-corrected chi connectivity index (χ0v) is 23.2. The molecule has 0 spiro atoms. The summed E-state index contributed by atoms with van der Waals surface area (Å²) in [5.41, 5.74) is 7.97. The van der Waals surface area contributed by atoms with Crippen molar-refractivity contribution in [3.63, 3.8) is 0 Å². The molecule has 3 aromatic heterocycles. The van der Waals surface area contributed by atoms with Gasteiger partial charge in [-0.1, -0.05) is 103 Å². The number of benzene rings is 6. The van der Waals surface area contributed by atoms with Gasteiger partial charge >= 0.3 is 0 Å². The van der Waals surface area contributed by atoms with Crippen LogP contribution < -0.4 is 0 Å². The Hall–Kier alpha value is -5.32. The number of para-hydroxylation sites is 1. The van der Waals surface area contributed by atoms with Gasteiger partial charge in [-0.3, -0.25) is 0 Å². The number of rotatable bonds is 3. The molecule has 4 heteroatoms. The average Bonchev–Trinajstić information content (AvgIpc) is 3.63. The van der Waals surface area contributed by atoms with Crippen LogP contribution in [0.5, 0.6) is 0 Å². The maximum absolute atomic E-state index is 6.39. The van der Waals surface area contributed by atoms with E-state index in [-0.39, 0.29) is 0 Å². The molecule has 9 rings (SSSR count). The standard InChI is InChI=1S/C38H22N2OS/c1-2-10-23(11-3-1)36-28-13-4-6-17-31(28)39-38(40-36)29-16-9-18-33-35(29)30-22-24(20-21-32(30)41-33)25-14-8-15-27-26-12-5-7-19-34(26)42-37(25)27/h1-22H. The highest BCUT2D eigenvalue weighted by Crippen LogP contribution is 2.43. The van der Waals surface area contributed by atoms with E-state index in [1.807, 2.05) is 41.7 Å². The van der Waals surface area contributed by atoms with Crippen molar-refractivity contribution in [3.8, 4) is 33.8 Å². The molecule has 0 fully saturated rings. The monoisotopic (exact) mass is 554 g/mol. The van der Waals surface area contributed by atoms with E-state index in [1.54, 1.807) is 0 Å². The lowest BCUT2D eigenvalue weighted by Gasteiger charge is -2.10. The lowest BCUT2D eigenvalue weighted by atomic mass is 9.99. The Labute approximate surface area is 245 Å². The number of hydrogen-bond donors (Lipinski definition) is 0. The van der Waals surface area contributed by atoms with E-state index in [9.17, 15) is 0 Å². The molecular weight excluding hydrogens is 532 g/mol. The number of aromatic nitrogens is 2. The summed E-state index contributed by atoms with van der Waals surface area (Å²) in [6.45, 7) is 0. The van der Waals surface area contributed by atoms with Gasteiger partial charge in [-0.25, -0.2) is 9.97 Å². The summed E-state index contributed by atoms with van der Waals surface area (Å²) in [6, 6.07) is 46.5. The number of nitrogens with zero attached hydrogens (tertiary/aromatic N) is 2. The van der Waals surface area contributed by atoms with Gasteiger partial charge in [0.1, 0.15) is 11.2 Å². The van der Waals surface area contributed by atoms with Crippen molar-refractivity contribution in [2.45, 2.75) is 0 Å². The summed E-state index contributed by atoms with van der Waals surface area (Å²) >= 11 is 1.85. The van der Waals surface area contributed by atoms with Crippen LogP contribution in [0.1, 0.15) is 0 Å². The minimum Gasteiger partial charge on any atom is -0.456 e. The molecule has 196 valence electrons. The van der Waals surface area contributed by atoms with E-state index in [4.69, 9.17) is 14.4 Å². The fourth-order valence-corrected chi connectivity index (χ4v) is 7.41. The van der Waals surface area contributed by atoms with Crippen molar-refractivity contribution in [2.24, 2.45) is 0 Å². The van der Waals surface area contributed by atoms with Crippen molar-refractivity contribution in [1.82, 2.24) is 9.97 Å².